The standard InChI is InChI=1S/C16H23NO5/c1-19-5-6-21-11-16(18)17-9-12-7-13-3-4-14(20-2)8-15(13)22-10-12/h3-4,8,12H,5-7,9-11H2,1-2H3,(H,17,18)/t12-/m1/s1. The van der Waals surface area contributed by atoms with Gasteiger partial charge in [0, 0.05) is 25.6 Å². The van der Waals surface area contributed by atoms with E-state index in [0.717, 1.165) is 23.5 Å². The molecule has 1 N–H and O–H groups in total. The Hall–Kier alpha value is -1.79. The van der Waals surface area contributed by atoms with Crippen LogP contribution in [0.4, 0.5) is 0 Å². The first-order valence-corrected chi connectivity index (χ1v) is 7.36. The normalized spacial score (nSPS) is 16.5. The van der Waals surface area contributed by atoms with Crippen molar-refractivity contribution in [2.24, 2.45) is 5.92 Å². The van der Waals surface area contributed by atoms with Crippen LogP contribution in [0.15, 0.2) is 18.2 Å². The van der Waals surface area contributed by atoms with E-state index in [-0.39, 0.29) is 18.4 Å². The summed E-state index contributed by atoms with van der Waals surface area (Å²) in [4.78, 5) is 11.6. The van der Waals surface area contributed by atoms with Crippen LogP contribution in [0.25, 0.3) is 0 Å². The maximum atomic E-state index is 11.6. The number of methoxy groups -OCH3 is 2. The molecule has 0 unspecified atom stereocenters. The Morgan fingerprint density at radius 1 is 1.36 bits per heavy atom. The third-order valence-corrected chi connectivity index (χ3v) is 3.51. The molecule has 0 aromatic heterocycles. The van der Waals surface area contributed by atoms with E-state index < -0.39 is 0 Å². The minimum Gasteiger partial charge on any atom is -0.497 e. The highest BCUT2D eigenvalue weighted by Crippen LogP contribution is 2.30. The number of rotatable bonds is 8. The van der Waals surface area contributed by atoms with E-state index in [1.165, 1.54) is 0 Å². The SMILES string of the molecule is COCCOCC(=O)NC[C@@H]1COc2cc(OC)ccc2C1. The quantitative estimate of drug-likeness (QED) is 0.727. The highest BCUT2D eigenvalue weighted by molar-refractivity contribution is 5.77. The highest BCUT2D eigenvalue weighted by atomic mass is 16.5. The predicted molar refractivity (Wildman–Crippen MR) is 81.4 cm³/mol. The van der Waals surface area contributed by atoms with Gasteiger partial charge >= 0.3 is 0 Å². The van der Waals surface area contributed by atoms with E-state index >= 15 is 0 Å². The van der Waals surface area contributed by atoms with Crippen LogP contribution in [0.5, 0.6) is 11.5 Å². The van der Waals surface area contributed by atoms with Gasteiger partial charge in [0.15, 0.2) is 0 Å². The predicted octanol–water partition coefficient (Wildman–Crippen LogP) is 1.03. The van der Waals surface area contributed by atoms with Crippen molar-refractivity contribution in [2.75, 3.05) is 47.2 Å². The van der Waals surface area contributed by atoms with Gasteiger partial charge in [-0.15, -0.1) is 0 Å². The third-order valence-electron chi connectivity index (χ3n) is 3.51. The maximum absolute atomic E-state index is 11.6. The van der Waals surface area contributed by atoms with Gasteiger partial charge in [0.2, 0.25) is 5.91 Å². The molecule has 0 saturated carbocycles. The molecule has 1 heterocycles. The molecule has 2 rings (SSSR count). The molecule has 1 aliphatic rings. The van der Waals surface area contributed by atoms with Gasteiger partial charge in [-0.3, -0.25) is 4.79 Å². The lowest BCUT2D eigenvalue weighted by atomic mass is 9.96. The summed E-state index contributed by atoms with van der Waals surface area (Å²) in [6, 6.07) is 5.83. The van der Waals surface area contributed by atoms with Crippen molar-refractivity contribution < 1.29 is 23.7 Å². The van der Waals surface area contributed by atoms with Gasteiger partial charge in [-0.25, -0.2) is 0 Å². The van der Waals surface area contributed by atoms with Crippen LogP contribution in [0.3, 0.4) is 0 Å². The monoisotopic (exact) mass is 309 g/mol. The fraction of sp³-hybridized carbons (Fsp3) is 0.562. The van der Waals surface area contributed by atoms with Crippen LogP contribution < -0.4 is 14.8 Å². The van der Waals surface area contributed by atoms with E-state index in [9.17, 15) is 4.79 Å². The number of benzene rings is 1. The second kappa shape index (κ2) is 8.60. The van der Waals surface area contributed by atoms with Crippen molar-refractivity contribution in [2.45, 2.75) is 6.42 Å². The van der Waals surface area contributed by atoms with Crippen molar-refractivity contribution in [1.29, 1.82) is 0 Å². The molecule has 22 heavy (non-hydrogen) atoms. The largest absolute Gasteiger partial charge is 0.497 e. The third kappa shape index (κ3) is 4.89. The summed E-state index contributed by atoms with van der Waals surface area (Å²) in [6.07, 6.45) is 0.879. The minimum absolute atomic E-state index is 0.0602. The zero-order valence-corrected chi connectivity index (χ0v) is 13.1. The number of carbonyl (C=O) groups excluding carboxylic acids is 1. The number of nitrogens with one attached hydrogen (secondary N) is 1. The Balaban J connectivity index is 1.72. The first-order chi connectivity index (χ1) is 10.7. The molecule has 0 bridgehead atoms. The summed E-state index contributed by atoms with van der Waals surface area (Å²) in [6.45, 7) is 2.14. The fourth-order valence-corrected chi connectivity index (χ4v) is 2.29. The molecule has 1 aromatic rings. The number of amides is 1. The van der Waals surface area contributed by atoms with Gasteiger partial charge in [-0.05, 0) is 18.1 Å². The van der Waals surface area contributed by atoms with Crippen LogP contribution in [-0.2, 0) is 20.7 Å². The lowest BCUT2D eigenvalue weighted by molar-refractivity contribution is -0.126. The van der Waals surface area contributed by atoms with Gasteiger partial charge < -0.3 is 24.3 Å². The summed E-state index contributed by atoms with van der Waals surface area (Å²) in [5.41, 5.74) is 1.14. The number of hydrogen-bond acceptors (Lipinski definition) is 5. The second-order valence-corrected chi connectivity index (χ2v) is 5.20. The van der Waals surface area contributed by atoms with Crippen molar-refractivity contribution in [3.05, 3.63) is 23.8 Å². The highest BCUT2D eigenvalue weighted by Gasteiger charge is 2.20. The van der Waals surface area contributed by atoms with Gasteiger partial charge in [0.1, 0.15) is 18.1 Å². The number of hydrogen-bond donors (Lipinski definition) is 1. The molecule has 0 saturated heterocycles. The van der Waals surface area contributed by atoms with E-state index in [2.05, 4.69) is 5.32 Å². The summed E-state index contributed by atoms with van der Waals surface area (Å²) >= 11 is 0. The van der Waals surface area contributed by atoms with Crippen LogP contribution in [0.1, 0.15) is 5.56 Å². The van der Waals surface area contributed by atoms with E-state index in [1.807, 2.05) is 18.2 Å². The summed E-state index contributed by atoms with van der Waals surface area (Å²) in [5.74, 6) is 1.81. The van der Waals surface area contributed by atoms with Gasteiger partial charge in [0.25, 0.3) is 0 Å². The number of carbonyl (C=O) groups is 1. The van der Waals surface area contributed by atoms with E-state index in [1.54, 1.807) is 14.2 Å². The van der Waals surface area contributed by atoms with Crippen molar-refractivity contribution in [3.63, 3.8) is 0 Å². The van der Waals surface area contributed by atoms with Crippen LogP contribution in [-0.4, -0.2) is 53.1 Å². The van der Waals surface area contributed by atoms with Crippen LogP contribution >= 0.6 is 0 Å². The van der Waals surface area contributed by atoms with Crippen molar-refractivity contribution in [3.8, 4) is 11.5 Å². The molecular weight excluding hydrogens is 286 g/mol. The molecule has 1 aromatic carbocycles. The molecule has 0 aliphatic carbocycles. The molecule has 0 radical (unpaired) electrons. The molecule has 6 heteroatoms. The van der Waals surface area contributed by atoms with Gasteiger partial charge in [0.05, 0.1) is 26.9 Å². The molecule has 0 spiro atoms. The fourth-order valence-electron chi connectivity index (χ4n) is 2.29. The second-order valence-electron chi connectivity index (χ2n) is 5.20. The van der Waals surface area contributed by atoms with Crippen molar-refractivity contribution in [1.82, 2.24) is 5.32 Å². The molecule has 0 fully saturated rings. The Kier molecular flexibility index (Phi) is 6.48. The first kappa shape index (κ1) is 16.6. The Bertz CT molecular complexity index is 491. The lowest BCUT2D eigenvalue weighted by Gasteiger charge is -2.25. The summed E-state index contributed by atoms with van der Waals surface area (Å²) in [7, 11) is 3.23. The lowest BCUT2D eigenvalue weighted by Crippen LogP contribution is -2.36. The average molecular weight is 309 g/mol. The molecule has 122 valence electrons. The number of fused-ring (bicyclic) bond motifs is 1. The summed E-state index contributed by atoms with van der Waals surface area (Å²) < 4.78 is 20.9. The van der Waals surface area contributed by atoms with E-state index in [0.29, 0.717) is 26.4 Å². The molecule has 1 amide bonds. The summed E-state index contributed by atoms with van der Waals surface area (Å²) in [5, 5.41) is 2.87. The Morgan fingerprint density at radius 2 is 2.23 bits per heavy atom. The molecule has 1 aliphatic heterocycles. The zero-order chi connectivity index (χ0) is 15.8. The van der Waals surface area contributed by atoms with Crippen LogP contribution in [0.2, 0.25) is 0 Å². The maximum Gasteiger partial charge on any atom is 0.246 e. The van der Waals surface area contributed by atoms with Gasteiger partial charge in [-0.1, -0.05) is 6.07 Å². The van der Waals surface area contributed by atoms with Crippen molar-refractivity contribution >= 4 is 5.91 Å². The zero-order valence-electron chi connectivity index (χ0n) is 13.1. The van der Waals surface area contributed by atoms with Crippen LogP contribution in [0, 0.1) is 5.92 Å². The van der Waals surface area contributed by atoms with E-state index in [4.69, 9.17) is 18.9 Å². The minimum atomic E-state index is -0.114. The van der Waals surface area contributed by atoms with Gasteiger partial charge in [-0.2, -0.15) is 0 Å². The topological polar surface area (TPSA) is 66.0 Å². The average Bonchev–Trinajstić information content (AvgIpc) is 2.56. The molecule has 1 atom stereocenters. The smallest absolute Gasteiger partial charge is 0.246 e. The number of ether oxygens (including phenoxy) is 4. The molecular formula is C16H23NO5. The molecule has 6 nitrogen and oxygen atoms in total. The first-order valence-electron chi connectivity index (χ1n) is 7.36. The Labute approximate surface area is 130 Å². The Morgan fingerprint density at radius 3 is 3.00 bits per heavy atom.